The lowest BCUT2D eigenvalue weighted by Gasteiger charge is -2.20. The van der Waals surface area contributed by atoms with E-state index in [0.29, 0.717) is 15.7 Å². The highest BCUT2D eigenvalue weighted by Crippen LogP contribution is 2.24. The van der Waals surface area contributed by atoms with Crippen molar-refractivity contribution in [2.45, 2.75) is 0 Å². The van der Waals surface area contributed by atoms with Crippen LogP contribution in [0.5, 0.6) is 0 Å². The van der Waals surface area contributed by atoms with Crippen LogP contribution in [-0.4, -0.2) is 27.5 Å². The number of anilines is 1. The number of thiocarbonyl (C=S) groups is 1. The van der Waals surface area contributed by atoms with E-state index in [1.807, 2.05) is 41.3 Å². The summed E-state index contributed by atoms with van der Waals surface area (Å²) in [5.74, 6) is 0.911. The molecule has 2 aromatic carbocycles. The number of thioether (sulfide) groups is 1. The summed E-state index contributed by atoms with van der Waals surface area (Å²) < 4.78 is 0. The lowest BCUT2D eigenvalue weighted by molar-refractivity contribution is 0.687. The minimum Gasteiger partial charge on any atom is -0.332 e. The molecule has 0 amide bonds. The summed E-state index contributed by atoms with van der Waals surface area (Å²) >= 11 is 13.1. The molecule has 0 aromatic heterocycles. The fraction of sp³-hybridized carbons (Fsp3) is 0.118. The Morgan fingerprint density at radius 1 is 1.29 bits per heavy atom. The van der Waals surface area contributed by atoms with Gasteiger partial charge in [-0.1, -0.05) is 35.5 Å². The standard InChI is InChI=1S/C17H13ClN4S2/c18-13-4-2-6-15(10-13)20-16(23)22-7-8-24-17(22)21-14-5-1-3-12(9-14)11-19/h1-6,9-10H,7-8H2,(H,20,23)/b21-17+. The summed E-state index contributed by atoms with van der Waals surface area (Å²) in [6.45, 7) is 0.786. The van der Waals surface area contributed by atoms with Gasteiger partial charge >= 0.3 is 0 Å². The van der Waals surface area contributed by atoms with Gasteiger partial charge in [0, 0.05) is 23.0 Å². The van der Waals surface area contributed by atoms with E-state index < -0.39 is 0 Å². The molecule has 7 heteroatoms. The van der Waals surface area contributed by atoms with Crippen LogP contribution in [0, 0.1) is 11.3 Å². The molecule has 1 fully saturated rings. The van der Waals surface area contributed by atoms with Crippen LogP contribution in [-0.2, 0) is 0 Å². The Kier molecular flexibility index (Phi) is 5.36. The third kappa shape index (κ3) is 4.06. The smallest absolute Gasteiger partial charge is 0.179 e. The maximum absolute atomic E-state index is 8.99. The van der Waals surface area contributed by atoms with Crippen LogP contribution in [0.3, 0.4) is 0 Å². The molecular formula is C17H13ClN4S2. The second-order valence-corrected chi connectivity index (χ2v) is 6.88. The molecule has 0 unspecified atom stereocenters. The van der Waals surface area contributed by atoms with Crippen LogP contribution in [0.4, 0.5) is 11.4 Å². The Morgan fingerprint density at radius 3 is 2.92 bits per heavy atom. The van der Waals surface area contributed by atoms with E-state index in [0.717, 1.165) is 28.8 Å². The number of nitriles is 1. The van der Waals surface area contributed by atoms with Crippen molar-refractivity contribution >= 4 is 57.2 Å². The highest BCUT2D eigenvalue weighted by Gasteiger charge is 2.23. The predicted octanol–water partition coefficient (Wildman–Crippen LogP) is 4.64. The molecule has 2 aromatic rings. The summed E-state index contributed by atoms with van der Waals surface area (Å²) in [6.07, 6.45) is 0. The number of halogens is 1. The van der Waals surface area contributed by atoms with E-state index >= 15 is 0 Å². The maximum Gasteiger partial charge on any atom is 0.179 e. The quantitative estimate of drug-likeness (QED) is 0.778. The highest BCUT2D eigenvalue weighted by atomic mass is 35.5. The Balaban J connectivity index is 1.78. The summed E-state index contributed by atoms with van der Waals surface area (Å²) in [4.78, 5) is 6.59. The Hall–Kier alpha value is -2.07. The minimum absolute atomic E-state index is 0.581. The van der Waals surface area contributed by atoms with Crippen LogP contribution in [0.15, 0.2) is 53.5 Å². The molecule has 0 atom stereocenters. The van der Waals surface area contributed by atoms with Gasteiger partial charge in [-0.25, -0.2) is 4.99 Å². The topological polar surface area (TPSA) is 51.4 Å². The number of benzene rings is 2. The lowest BCUT2D eigenvalue weighted by atomic mass is 10.2. The molecule has 4 nitrogen and oxygen atoms in total. The van der Waals surface area contributed by atoms with Gasteiger partial charge in [-0.15, -0.1) is 0 Å². The van der Waals surface area contributed by atoms with Crippen molar-refractivity contribution < 1.29 is 0 Å². The number of rotatable bonds is 2. The molecule has 0 spiro atoms. The normalized spacial score (nSPS) is 15.3. The summed E-state index contributed by atoms with van der Waals surface area (Å²) in [5, 5.41) is 14.2. The largest absolute Gasteiger partial charge is 0.332 e. The van der Waals surface area contributed by atoms with Crippen molar-refractivity contribution in [2.24, 2.45) is 4.99 Å². The van der Waals surface area contributed by atoms with Gasteiger partial charge in [0.15, 0.2) is 10.3 Å². The molecule has 1 N–H and O–H groups in total. The minimum atomic E-state index is 0.581. The molecule has 0 radical (unpaired) electrons. The Labute approximate surface area is 155 Å². The number of hydrogen-bond acceptors (Lipinski definition) is 4. The van der Waals surface area contributed by atoms with E-state index in [9.17, 15) is 0 Å². The summed E-state index contributed by atoms with van der Waals surface area (Å²) in [7, 11) is 0. The van der Waals surface area contributed by atoms with Gasteiger partial charge in [-0.2, -0.15) is 5.26 Å². The van der Waals surface area contributed by atoms with Crippen molar-refractivity contribution in [1.82, 2.24) is 4.90 Å². The molecule has 24 heavy (non-hydrogen) atoms. The van der Waals surface area contributed by atoms with E-state index in [4.69, 9.17) is 29.1 Å². The third-order valence-corrected chi connectivity index (χ3v) is 4.81. The van der Waals surface area contributed by atoms with Crippen LogP contribution >= 0.6 is 35.6 Å². The van der Waals surface area contributed by atoms with Gasteiger partial charge in [0.05, 0.1) is 17.3 Å². The zero-order valence-corrected chi connectivity index (χ0v) is 15.0. The maximum atomic E-state index is 8.99. The molecule has 1 aliphatic rings. The second kappa shape index (κ2) is 7.67. The first kappa shape index (κ1) is 16.8. The Bertz CT molecular complexity index is 844. The number of amidine groups is 1. The third-order valence-electron chi connectivity index (χ3n) is 3.30. The molecule has 120 valence electrons. The average Bonchev–Trinajstić information content (AvgIpc) is 3.03. The van der Waals surface area contributed by atoms with Gasteiger partial charge in [0.2, 0.25) is 0 Å². The number of aliphatic imine (C=N–C) groups is 1. The molecule has 1 heterocycles. The zero-order valence-electron chi connectivity index (χ0n) is 12.6. The van der Waals surface area contributed by atoms with Crippen molar-refractivity contribution in [1.29, 1.82) is 5.26 Å². The van der Waals surface area contributed by atoms with Crippen molar-refractivity contribution in [2.75, 3.05) is 17.6 Å². The van der Waals surface area contributed by atoms with Crippen molar-refractivity contribution in [3.05, 3.63) is 59.1 Å². The molecule has 1 saturated heterocycles. The van der Waals surface area contributed by atoms with Crippen LogP contribution < -0.4 is 5.32 Å². The SMILES string of the molecule is N#Cc1cccc(/N=C2/SCCN2C(=S)Nc2cccc(Cl)c2)c1. The molecule has 1 aliphatic heterocycles. The monoisotopic (exact) mass is 372 g/mol. The fourth-order valence-electron chi connectivity index (χ4n) is 2.20. The van der Waals surface area contributed by atoms with Crippen molar-refractivity contribution in [3.63, 3.8) is 0 Å². The first-order valence-corrected chi connectivity index (χ1v) is 8.98. The summed E-state index contributed by atoms with van der Waals surface area (Å²) in [6, 6.07) is 16.8. The van der Waals surface area contributed by atoms with Gasteiger partial charge in [0.25, 0.3) is 0 Å². The van der Waals surface area contributed by atoms with Crippen LogP contribution in [0.25, 0.3) is 0 Å². The van der Waals surface area contributed by atoms with E-state index in [-0.39, 0.29) is 0 Å². The van der Waals surface area contributed by atoms with Gasteiger partial charge in [-0.3, -0.25) is 4.90 Å². The molecule has 0 aliphatic carbocycles. The fourth-order valence-corrected chi connectivity index (χ4v) is 3.70. The number of hydrogen-bond donors (Lipinski definition) is 1. The van der Waals surface area contributed by atoms with Crippen LogP contribution in [0.1, 0.15) is 5.56 Å². The second-order valence-electron chi connectivity index (χ2n) is 5.00. The van der Waals surface area contributed by atoms with E-state index in [1.54, 1.807) is 23.9 Å². The average molecular weight is 373 g/mol. The van der Waals surface area contributed by atoms with Gasteiger partial charge < -0.3 is 5.32 Å². The van der Waals surface area contributed by atoms with Crippen molar-refractivity contribution in [3.8, 4) is 6.07 Å². The first-order chi connectivity index (χ1) is 11.7. The lowest BCUT2D eigenvalue weighted by Crippen LogP contribution is -2.35. The summed E-state index contributed by atoms with van der Waals surface area (Å²) in [5.41, 5.74) is 2.18. The highest BCUT2D eigenvalue weighted by molar-refractivity contribution is 8.14. The number of nitrogens with one attached hydrogen (secondary N) is 1. The molecule has 0 bridgehead atoms. The van der Waals surface area contributed by atoms with E-state index in [2.05, 4.69) is 16.4 Å². The zero-order chi connectivity index (χ0) is 16.9. The molecular weight excluding hydrogens is 360 g/mol. The first-order valence-electron chi connectivity index (χ1n) is 7.21. The molecule has 3 rings (SSSR count). The van der Waals surface area contributed by atoms with Crippen LogP contribution in [0.2, 0.25) is 5.02 Å². The predicted molar refractivity (Wildman–Crippen MR) is 105 cm³/mol. The van der Waals surface area contributed by atoms with E-state index in [1.165, 1.54) is 0 Å². The van der Waals surface area contributed by atoms with Gasteiger partial charge in [-0.05, 0) is 48.6 Å². The Morgan fingerprint density at radius 2 is 2.12 bits per heavy atom. The number of nitrogens with zero attached hydrogens (tertiary/aromatic N) is 3. The van der Waals surface area contributed by atoms with Gasteiger partial charge in [0.1, 0.15) is 0 Å². The molecule has 0 saturated carbocycles.